The van der Waals surface area contributed by atoms with Gasteiger partial charge in [0, 0.05) is 18.7 Å². The monoisotopic (exact) mass is 443 g/mol. The number of nitrogens with zero attached hydrogens (tertiary/aromatic N) is 3. The van der Waals surface area contributed by atoms with Crippen LogP contribution in [0.15, 0.2) is 50.5 Å². The first-order chi connectivity index (χ1) is 13.7. The lowest BCUT2D eigenvalue weighted by Crippen LogP contribution is -2.38. The molecule has 1 fully saturated rings. The molecule has 1 atom stereocenters. The van der Waals surface area contributed by atoms with Gasteiger partial charge in [0.25, 0.3) is 10.0 Å². The molecule has 3 heterocycles. The first-order valence-electron chi connectivity index (χ1n) is 8.80. The van der Waals surface area contributed by atoms with Crippen LogP contribution in [0.1, 0.15) is 30.2 Å². The average molecular weight is 443 g/mol. The predicted molar refractivity (Wildman–Crippen MR) is 99.8 cm³/mol. The minimum absolute atomic E-state index is 0.0457. The molecular weight excluding hydrogens is 427 g/mol. The van der Waals surface area contributed by atoms with Crippen LogP contribution in [-0.4, -0.2) is 36.0 Å². The molecule has 0 saturated carbocycles. The molecule has 2 aromatic heterocycles. The van der Waals surface area contributed by atoms with Crippen LogP contribution in [0.25, 0.3) is 11.4 Å². The molecule has 1 unspecified atom stereocenters. The molecule has 11 heteroatoms. The molecule has 1 saturated heterocycles. The van der Waals surface area contributed by atoms with Gasteiger partial charge in [-0.15, -0.1) is 11.3 Å². The van der Waals surface area contributed by atoms with E-state index in [0.29, 0.717) is 19.4 Å². The Morgan fingerprint density at radius 1 is 1.21 bits per heavy atom. The van der Waals surface area contributed by atoms with Gasteiger partial charge in [-0.2, -0.15) is 22.5 Å². The highest BCUT2D eigenvalue weighted by Gasteiger charge is 2.34. The van der Waals surface area contributed by atoms with Crippen molar-refractivity contribution in [2.75, 3.05) is 13.1 Å². The molecule has 1 aliphatic heterocycles. The lowest BCUT2D eigenvalue weighted by molar-refractivity contribution is -0.137. The number of hydrogen-bond acceptors (Lipinski definition) is 6. The first kappa shape index (κ1) is 20.0. The summed E-state index contributed by atoms with van der Waals surface area (Å²) < 4.78 is 71.2. The largest absolute Gasteiger partial charge is 0.416 e. The van der Waals surface area contributed by atoms with Gasteiger partial charge in [-0.25, -0.2) is 8.42 Å². The van der Waals surface area contributed by atoms with E-state index < -0.39 is 21.8 Å². The summed E-state index contributed by atoms with van der Waals surface area (Å²) in [6, 6.07) is 7.92. The Bertz CT molecular complexity index is 1100. The highest BCUT2D eigenvalue weighted by atomic mass is 32.2. The predicted octanol–water partition coefficient (Wildman–Crippen LogP) is 4.39. The standard InChI is InChI=1S/C18H16F3N3O3S2/c19-18(20,21)14-6-1-4-12(10-14)16-22-17(27-23-16)13-5-2-8-24(11-13)29(25,26)15-7-3-9-28-15/h1,3-4,6-7,9-10,13H,2,5,8,11H2. The van der Waals surface area contributed by atoms with E-state index in [4.69, 9.17) is 4.52 Å². The summed E-state index contributed by atoms with van der Waals surface area (Å²) in [4.78, 5) is 4.24. The van der Waals surface area contributed by atoms with Crippen molar-refractivity contribution in [1.82, 2.24) is 14.4 Å². The van der Waals surface area contributed by atoms with Gasteiger partial charge in [-0.1, -0.05) is 23.4 Å². The number of benzene rings is 1. The second-order valence-electron chi connectivity index (χ2n) is 6.67. The third kappa shape index (κ3) is 4.07. The molecule has 0 amide bonds. The Kier molecular flexibility index (Phi) is 5.21. The molecule has 154 valence electrons. The zero-order chi connectivity index (χ0) is 20.6. The van der Waals surface area contributed by atoms with Gasteiger partial charge in [0.1, 0.15) is 4.21 Å². The molecule has 6 nitrogen and oxygen atoms in total. The van der Waals surface area contributed by atoms with Gasteiger partial charge in [0.2, 0.25) is 11.7 Å². The maximum atomic E-state index is 12.9. The summed E-state index contributed by atoms with van der Waals surface area (Å²) in [5.74, 6) is -0.0432. The molecular formula is C18H16F3N3O3S2. The summed E-state index contributed by atoms with van der Waals surface area (Å²) in [5, 5.41) is 5.50. The van der Waals surface area contributed by atoms with Crippen LogP contribution in [0.3, 0.4) is 0 Å². The second-order valence-corrected chi connectivity index (χ2v) is 9.78. The summed E-state index contributed by atoms with van der Waals surface area (Å²) in [7, 11) is -3.59. The number of hydrogen-bond donors (Lipinski definition) is 0. The molecule has 0 aliphatic carbocycles. The molecule has 0 N–H and O–H groups in total. The third-order valence-corrected chi connectivity index (χ3v) is 7.95. The Morgan fingerprint density at radius 3 is 2.76 bits per heavy atom. The van der Waals surface area contributed by atoms with E-state index in [1.807, 2.05) is 0 Å². The van der Waals surface area contributed by atoms with Crippen LogP contribution in [0, 0.1) is 0 Å². The quantitative estimate of drug-likeness (QED) is 0.598. The van der Waals surface area contributed by atoms with Crippen LogP contribution < -0.4 is 0 Å². The number of rotatable bonds is 4. The highest BCUT2D eigenvalue weighted by molar-refractivity contribution is 7.91. The fourth-order valence-corrected chi connectivity index (χ4v) is 5.92. The van der Waals surface area contributed by atoms with Gasteiger partial charge in [-0.3, -0.25) is 0 Å². The van der Waals surface area contributed by atoms with E-state index >= 15 is 0 Å². The van der Waals surface area contributed by atoms with Gasteiger partial charge >= 0.3 is 6.18 Å². The van der Waals surface area contributed by atoms with Crippen LogP contribution in [0.2, 0.25) is 0 Å². The second kappa shape index (κ2) is 7.54. The maximum absolute atomic E-state index is 12.9. The van der Waals surface area contributed by atoms with Crippen molar-refractivity contribution in [3.8, 4) is 11.4 Å². The van der Waals surface area contributed by atoms with E-state index in [2.05, 4.69) is 10.1 Å². The van der Waals surface area contributed by atoms with Gasteiger partial charge in [-0.05, 0) is 36.4 Å². The molecule has 1 aromatic carbocycles. The Morgan fingerprint density at radius 2 is 2.03 bits per heavy atom. The van der Waals surface area contributed by atoms with Crippen molar-refractivity contribution >= 4 is 21.4 Å². The topological polar surface area (TPSA) is 76.3 Å². The number of piperidine rings is 1. The number of alkyl halides is 3. The fraction of sp³-hybridized carbons (Fsp3) is 0.333. The minimum Gasteiger partial charge on any atom is -0.339 e. The van der Waals surface area contributed by atoms with Gasteiger partial charge in [0.05, 0.1) is 11.5 Å². The summed E-state index contributed by atoms with van der Waals surface area (Å²) in [6.45, 7) is 0.579. The van der Waals surface area contributed by atoms with Crippen molar-refractivity contribution in [3.63, 3.8) is 0 Å². The van der Waals surface area contributed by atoms with Crippen molar-refractivity contribution < 1.29 is 26.1 Å². The van der Waals surface area contributed by atoms with Crippen molar-refractivity contribution in [1.29, 1.82) is 0 Å². The van der Waals surface area contributed by atoms with Crippen LogP contribution >= 0.6 is 11.3 Å². The highest BCUT2D eigenvalue weighted by Crippen LogP contribution is 2.34. The normalized spacial score (nSPS) is 18.8. The average Bonchev–Trinajstić information content (AvgIpc) is 3.40. The molecule has 29 heavy (non-hydrogen) atoms. The minimum atomic E-state index is -4.47. The molecule has 0 bridgehead atoms. The van der Waals surface area contributed by atoms with E-state index in [1.165, 1.54) is 16.4 Å². The Balaban J connectivity index is 1.56. The van der Waals surface area contributed by atoms with Crippen molar-refractivity contribution in [2.45, 2.75) is 29.1 Å². The molecule has 0 spiro atoms. The lowest BCUT2D eigenvalue weighted by atomic mass is 10.00. The zero-order valence-corrected chi connectivity index (χ0v) is 16.6. The Hall–Kier alpha value is -2.24. The molecule has 0 radical (unpaired) electrons. The van der Waals surface area contributed by atoms with Crippen LogP contribution in [-0.2, 0) is 16.2 Å². The maximum Gasteiger partial charge on any atom is 0.416 e. The van der Waals surface area contributed by atoms with Crippen molar-refractivity contribution in [3.05, 3.63) is 53.2 Å². The smallest absolute Gasteiger partial charge is 0.339 e. The van der Waals surface area contributed by atoms with E-state index in [-0.39, 0.29) is 34.0 Å². The SMILES string of the molecule is O=S(=O)(c1cccs1)N1CCCC(c2nc(-c3cccc(C(F)(F)F)c3)no2)C1. The first-order valence-corrected chi connectivity index (χ1v) is 11.1. The van der Waals surface area contributed by atoms with E-state index in [9.17, 15) is 21.6 Å². The van der Waals surface area contributed by atoms with E-state index in [0.717, 1.165) is 23.5 Å². The van der Waals surface area contributed by atoms with Crippen LogP contribution in [0.5, 0.6) is 0 Å². The van der Waals surface area contributed by atoms with Gasteiger partial charge in [0.15, 0.2) is 0 Å². The summed E-state index contributed by atoms with van der Waals surface area (Å²) >= 11 is 1.15. The Labute approximate surface area is 169 Å². The lowest BCUT2D eigenvalue weighted by Gasteiger charge is -2.29. The summed E-state index contributed by atoms with van der Waals surface area (Å²) in [5.41, 5.74) is -0.610. The summed E-state index contributed by atoms with van der Waals surface area (Å²) in [6.07, 6.45) is -3.19. The fourth-order valence-electron chi connectivity index (χ4n) is 3.25. The van der Waals surface area contributed by atoms with Crippen molar-refractivity contribution in [2.24, 2.45) is 0 Å². The number of halogens is 3. The number of thiophene rings is 1. The van der Waals surface area contributed by atoms with Gasteiger partial charge < -0.3 is 4.52 Å². The molecule has 4 rings (SSSR count). The number of sulfonamides is 1. The number of aromatic nitrogens is 2. The van der Waals surface area contributed by atoms with E-state index in [1.54, 1.807) is 17.5 Å². The molecule has 3 aromatic rings. The van der Waals surface area contributed by atoms with Crippen LogP contribution in [0.4, 0.5) is 13.2 Å². The zero-order valence-electron chi connectivity index (χ0n) is 15.0. The third-order valence-electron chi connectivity index (χ3n) is 4.71. The molecule has 1 aliphatic rings.